The van der Waals surface area contributed by atoms with Gasteiger partial charge in [0.1, 0.15) is 17.2 Å². The van der Waals surface area contributed by atoms with Gasteiger partial charge in [-0.25, -0.2) is 22.9 Å². The fourth-order valence-corrected chi connectivity index (χ4v) is 2.60. The van der Waals surface area contributed by atoms with Gasteiger partial charge < -0.3 is 16.2 Å². The highest BCUT2D eigenvalue weighted by atomic mass is 19.3. The highest BCUT2D eigenvalue weighted by molar-refractivity contribution is 5.93. The summed E-state index contributed by atoms with van der Waals surface area (Å²) in [6.45, 7) is 0. The van der Waals surface area contributed by atoms with Crippen molar-refractivity contribution in [3.05, 3.63) is 53.7 Å². The van der Waals surface area contributed by atoms with Crippen LogP contribution in [0.3, 0.4) is 0 Å². The number of carbonyl (C=O) groups is 2. The van der Waals surface area contributed by atoms with Crippen molar-refractivity contribution in [2.75, 3.05) is 5.32 Å². The number of nitrogens with two attached hydrogens (primary N) is 1. The number of anilines is 1. The lowest BCUT2D eigenvalue weighted by Gasteiger charge is -2.29. The molecule has 4 N–H and O–H groups in total. The van der Waals surface area contributed by atoms with E-state index in [1.54, 1.807) is 18.3 Å². The number of aromatic carboxylic acids is 1. The predicted octanol–water partition coefficient (Wildman–Crippen LogP) is 3.09. The van der Waals surface area contributed by atoms with Crippen LogP contribution in [0.2, 0.25) is 0 Å². The highest BCUT2D eigenvalue weighted by Gasteiger charge is 2.35. The lowest BCUT2D eigenvalue weighted by molar-refractivity contribution is -0.0361. The number of rotatable bonds is 4. The van der Waals surface area contributed by atoms with Crippen LogP contribution in [0, 0.1) is 5.82 Å². The van der Waals surface area contributed by atoms with Gasteiger partial charge >= 0.3 is 5.97 Å². The average Bonchev–Trinajstić information content (AvgIpc) is 2.66. The maximum absolute atomic E-state index is 13.0. The Balaban J connectivity index is 0.000000261. The lowest BCUT2D eigenvalue weighted by Crippen LogP contribution is -2.32. The average molecular weight is 396 g/mol. The summed E-state index contributed by atoms with van der Waals surface area (Å²) in [5.74, 6) is -5.13. The molecule has 150 valence electrons. The lowest BCUT2D eigenvalue weighted by atomic mass is 9.92. The van der Waals surface area contributed by atoms with Crippen molar-refractivity contribution in [3.8, 4) is 0 Å². The molecule has 0 aliphatic heterocycles. The second-order valence-corrected chi connectivity index (χ2v) is 6.24. The van der Waals surface area contributed by atoms with Gasteiger partial charge in [0.2, 0.25) is 11.8 Å². The van der Waals surface area contributed by atoms with Gasteiger partial charge in [-0.3, -0.25) is 9.78 Å². The Morgan fingerprint density at radius 3 is 2.43 bits per heavy atom. The van der Waals surface area contributed by atoms with Crippen molar-refractivity contribution < 1.29 is 27.9 Å². The van der Waals surface area contributed by atoms with Crippen LogP contribution in [0.5, 0.6) is 0 Å². The molecule has 0 radical (unpaired) electrons. The molecule has 2 aromatic heterocycles. The third kappa shape index (κ3) is 6.22. The van der Waals surface area contributed by atoms with E-state index >= 15 is 0 Å². The van der Waals surface area contributed by atoms with E-state index in [1.807, 2.05) is 0 Å². The molecule has 0 saturated heterocycles. The number of nitrogens with zero attached hydrogens (tertiary/aromatic N) is 2. The number of nitrogens with one attached hydrogen (secondary N) is 1. The van der Waals surface area contributed by atoms with Crippen LogP contribution in [0.4, 0.5) is 19.0 Å². The third-order valence-electron chi connectivity index (χ3n) is 4.09. The second-order valence-electron chi connectivity index (χ2n) is 6.24. The van der Waals surface area contributed by atoms with Gasteiger partial charge in [-0.15, -0.1) is 0 Å². The molecule has 1 amide bonds. The number of halogens is 3. The van der Waals surface area contributed by atoms with Crippen molar-refractivity contribution in [1.82, 2.24) is 9.97 Å². The van der Waals surface area contributed by atoms with Crippen LogP contribution in [-0.2, 0) is 0 Å². The zero-order valence-corrected chi connectivity index (χ0v) is 14.7. The Hall–Kier alpha value is -3.17. The molecule has 3 rings (SSSR count). The zero-order chi connectivity index (χ0) is 20.7. The minimum Gasteiger partial charge on any atom is -0.478 e. The van der Waals surface area contributed by atoms with Crippen LogP contribution in [-0.4, -0.2) is 38.9 Å². The SMILES string of the molecule is NC(=O)c1cccnc1.O=C(O)c1cc(F)cnc1NC1CCC(F)(F)CC1. The summed E-state index contributed by atoms with van der Waals surface area (Å²) in [6.07, 6.45) is 3.89. The molecule has 2 heterocycles. The van der Waals surface area contributed by atoms with Gasteiger partial charge in [0, 0.05) is 31.3 Å². The number of carboxylic acids is 1. The van der Waals surface area contributed by atoms with Gasteiger partial charge in [0.05, 0.1) is 11.8 Å². The predicted molar refractivity (Wildman–Crippen MR) is 94.7 cm³/mol. The standard InChI is InChI=1S/C12H13F3N2O2.C6H6N2O/c13-7-5-9(11(18)19)10(16-6-7)17-8-1-3-12(14,15)4-2-8;7-6(9)5-2-1-3-8-4-5/h5-6,8H,1-4H2,(H,16,17)(H,18,19);1-4H,(H2,7,9). The molecule has 1 aliphatic rings. The normalized spacial score (nSPS) is 15.8. The van der Waals surface area contributed by atoms with Crippen LogP contribution >= 0.6 is 0 Å². The molecule has 0 unspecified atom stereocenters. The largest absolute Gasteiger partial charge is 0.478 e. The molecule has 0 atom stereocenters. The van der Waals surface area contributed by atoms with Gasteiger partial charge in [-0.2, -0.15) is 0 Å². The van der Waals surface area contributed by atoms with Crippen molar-refractivity contribution in [1.29, 1.82) is 0 Å². The first-order valence-corrected chi connectivity index (χ1v) is 8.41. The summed E-state index contributed by atoms with van der Waals surface area (Å²) in [5, 5.41) is 11.7. The number of carbonyl (C=O) groups excluding carboxylic acids is 1. The Kier molecular flexibility index (Phi) is 6.91. The number of primary amides is 1. The molecule has 28 heavy (non-hydrogen) atoms. The van der Waals surface area contributed by atoms with E-state index in [1.165, 1.54) is 6.20 Å². The topological polar surface area (TPSA) is 118 Å². The minimum absolute atomic E-state index is 0.0177. The quantitative estimate of drug-likeness (QED) is 0.731. The summed E-state index contributed by atoms with van der Waals surface area (Å²) < 4.78 is 38.9. The van der Waals surface area contributed by atoms with E-state index in [0.717, 1.165) is 12.3 Å². The van der Waals surface area contributed by atoms with Gasteiger partial charge in [0.15, 0.2) is 0 Å². The molecular weight excluding hydrogens is 377 g/mol. The van der Waals surface area contributed by atoms with Crippen molar-refractivity contribution in [3.63, 3.8) is 0 Å². The van der Waals surface area contributed by atoms with Crippen molar-refractivity contribution >= 4 is 17.7 Å². The van der Waals surface area contributed by atoms with E-state index in [4.69, 9.17) is 10.8 Å². The number of carboxylic acid groups (broad SMARTS) is 1. The fourth-order valence-electron chi connectivity index (χ4n) is 2.60. The van der Waals surface area contributed by atoms with Crippen molar-refractivity contribution in [2.24, 2.45) is 5.73 Å². The summed E-state index contributed by atoms with van der Waals surface area (Å²) >= 11 is 0. The fraction of sp³-hybridized carbons (Fsp3) is 0.333. The number of hydrogen-bond donors (Lipinski definition) is 3. The number of hydrogen-bond acceptors (Lipinski definition) is 5. The number of pyridine rings is 2. The molecule has 0 spiro atoms. The molecule has 2 aromatic rings. The van der Waals surface area contributed by atoms with Gasteiger partial charge in [0.25, 0.3) is 0 Å². The summed E-state index contributed by atoms with van der Waals surface area (Å²) in [4.78, 5) is 28.7. The maximum atomic E-state index is 13.0. The molecule has 1 aliphatic carbocycles. The van der Waals surface area contributed by atoms with E-state index in [2.05, 4.69) is 15.3 Å². The number of aromatic nitrogens is 2. The first kappa shape index (κ1) is 21.1. The van der Waals surface area contributed by atoms with Gasteiger partial charge in [-0.05, 0) is 31.0 Å². The molecule has 1 saturated carbocycles. The zero-order valence-electron chi connectivity index (χ0n) is 14.7. The smallest absolute Gasteiger partial charge is 0.339 e. The molecule has 0 bridgehead atoms. The van der Waals surface area contributed by atoms with E-state index in [0.29, 0.717) is 5.56 Å². The Morgan fingerprint density at radius 2 is 1.93 bits per heavy atom. The third-order valence-corrected chi connectivity index (χ3v) is 4.09. The summed E-state index contributed by atoms with van der Waals surface area (Å²) in [6, 6.07) is 3.88. The number of alkyl halides is 2. The molecular formula is C18H19F3N4O3. The molecule has 10 heteroatoms. The minimum atomic E-state index is -2.65. The molecule has 0 aromatic carbocycles. The molecule has 1 fully saturated rings. The highest BCUT2D eigenvalue weighted by Crippen LogP contribution is 2.34. The Bertz CT molecular complexity index is 824. The summed E-state index contributed by atoms with van der Waals surface area (Å²) in [7, 11) is 0. The first-order valence-electron chi connectivity index (χ1n) is 8.41. The van der Waals surface area contributed by atoms with Gasteiger partial charge in [-0.1, -0.05) is 0 Å². The monoisotopic (exact) mass is 396 g/mol. The van der Waals surface area contributed by atoms with Crippen LogP contribution < -0.4 is 11.1 Å². The van der Waals surface area contributed by atoms with Crippen molar-refractivity contribution in [2.45, 2.75) is 37.6 Å². The number of amides is 1. The maximum Gasteiger partial charge on any atom is 0.339 e. The van der Waals surface area contributed by atoms with E-state index < -0.39 is 23.6 Å². The van der Waals surface area contributed by atoms with Crippen LogP contribution in [0.1, 0.15) is 46.4 Å². The Morgan fingerprint density at radius 1 is 1.25 bits per heavy atom. The molecule has 7 nitrogen and oxygen atoms in total. The van der Waals surface area contributed by atoms with Crippen LogP contribution in [0.25, 0.3) is 0 Å². The van der Waals surface area contributed by atoms with E-state index in [9.17, 15) is 22.8 Å². The second kappa shape index (κ2) is 9.16. The summed E-state index contributed by atoms with van der Waals surface area (Å²) in [5.41, 5.74) is 5.08. The Labute approximate surface area is 158 Å². The van der Waals surface area contributed by atoms with Crippen LogP contribution in [0.15, 0.2) is 36.8 Å². The van der Waals surface area contributed by atoms with E-state index in [-0.39, 0.29) is 43.1 Å². The first-order chi connectivity index (χ1) is 13.2.